The van der Waals surface area contributed by atoms with Crippen molar-refractivity contribution in [2.75, 3.05) is 19.7 Å². The van der Waals surface area contributed by atoms with Gasteiger partial charge < -0.3 is 19.8 Å². The van der Waals surface area contributed by atoms with Crippen LogP contribution in [0.2, 0.25) is 0 Å². The van der Waals surface area contributed by atoms with Crippen molar-refractivity contribution in [3.05, 3.63) is 24.2 Å². The van der Waals surface area contributed by atoms with Crippen LogP contribution in [-0.2, 0) is 11.3 Å². The van der Waals surface area contributed by atoms with Crippen molar-refractivity contribution in [1.29, 1.82) is 0 Å². The second-order valence-electron chi connectivity index (χ2n) is 4.70. The molecule has 2 rings (SSSR count). The standard InChI is InChI=1S/C14H23N3O2/c1-2-15-14(16-9-12-6-8-18-11-12)17-10-13-5-3-4-7-19-13/h6,8,11,13H,2-5,7,9-10H2,1H3,(H2,15,16,17). The molecule has 1 atom stereocenters. The van der Waals surface area contributed by atoms with Crippen molar-refractivity contribution < 1.29 is 9.15 Å². The Kier molecular flexibility index (Phi) is 5.75. The summed E-state index contributed by atoms with van der Waals surface area (Å²) >= 11 is 0. The highest BCUT2D eigenvalue weighted by Crippen LogP contribution is 2.11. The topological polar surface area (TPSA) is 58.8 Å². The Morgan fingerprint density at radius 2 is 2.37 bits per heavy atom. The van der Waals surface area contributed by atoms with Gasteiger partial charge in [-0.3, -0.25) is 0 Å². The maximum absolute atomic E-state index is 5.70. The van der Waals surface area contributed by atoms with Gasteiger partial charge in [0, 0.05) is 25.3 Å². The minimum Gasteiger partial charge on any atom is -0.472 e. The van der Waals surface area contributed by atoms with Crippen LogP contribution in [0.1, 0.15) is 31.7 Å². The molecule has 0 spiro atoms. The van der Waals surface area contributed by atoms with E-state index in [0.717, 1.165) is 37.6 Å². The van der Waals surface area contributed by atoms with Crippen LogP contribution in [0.25, 0.3) is 0 Å². The predicted molar refractivity (Wildman–Crippen MR) is 75.1 cm³/mol. The Morgan fingerprint density at radius 3 is 3.05 bits per heavy atom. The minimum atomic E-state index is 0.312. The van der Waals surface area contributed by atoms with Gasteiger partial charge in [-0.25, -0.2) is 4.99 Å². The van der Waals surface area contributed by atoms with Gasteiger partial charge in [0.1, 0.15) is 0 Å². The molecule has 1 saturated heterocycles. The Morgan fingerprint density at radius 1 is 1.42 bits per heavy atom. The Labute approximate surface area is 114 Å². The molecule has 0 aliphatic carbocycles. The fraction of sp³-hybridized carbons (Fsp3) is 0.643. The summed E-state index contributed by atoms with van der Waals surface area (Å²) in [6, 6.07) is 1.93. The maximum Gasteiger partial charge on any atom is 0.191 e. The summed E-state index contributed by atoms with van der Waals surface area (Å²) in [7, 11) is 0. The number of guanidine groups is 1. The van der Waals surface area contributed by atoms with E-state index in [2.05, 4.69) is 22.5 Å². The van der Waals surface area contributed by atoms with Crippen LogP contribution in [0.5, 0.6) is 0 Å². The molecular weight excluding hydrogens is 242 g/mol. The van der Waals surface area contributed by atoms with Crippen molar-refractivity contribution in [2.45, 2.75) is 38.8 Å². The maximum atomic E-state index is 5.70. The van der Waals surface area contributed by atoms with E-state index in [4.69, 9.17) is 9.15 Å². The first-order valence-electron chi connectivity index (χ1n) is 7.03. The van der Waals surface area contributed by atoms with E-state index in [-0.39, 0.29) is 0 Å². The first-order valence-corrected chi connectivity index (χ1v) is 7.03. The lowest BCUT2D eigenvalue weighted by atomic mass is 10.1. The van der Waals surface area contributed by atoms with E-state index in [1.807, 2.05) is 6.07 Å². The van der Waals surface area contributed by atoms with Crippen LogP contribution < -0.4 is 10.6 Å². The fourth-order valence-electron chi connectivity index (χ4n) is 2.07. The predicted octanol–water partition coefficient (Wildman–Crippen LogP) is 1.90. The van der Waals surface area contributed by atoms with E-state index in [1.165, 1.54) is 12.8 Å². The van der Waals surface area contributed by atoms with Gasteiger partial charge in [-0.1, -0.05) is 0 Å². The summed E-state index contributed by atoms with van der Waals surface area (Å²) in [5, 5.41) is 6.57. The molecule has 5 heteroatoms. The van der Waals surface area contributed by atoms with Crippen LogP contribution >= 0.6 is 0 Å². The second-order valence-corrected chi connectivity index (χ2v) is 4.70. The van der Waals surface area contributed by atoms with Gasteiger partial charge in [-0.2, -0.15) is 0 Å². The fourth-order valence-corrected chi connectivity index (χ4v) is 2.07. The second kappa shape index (κ2) is 7.84. The highest BCUT2D eigenvalue weighted by molar-refractivity contribution is 5.79. The zero-order valence-electron chi connectivity index (χ0n) is 11.5. The molecular formula is C14H23N3O2. The molecule has 0 radical (unpaired) electrons. The molecule has 1 aromatic rings. The van der Waals surface area contributed by atoms with Gasteiger partial charge >= 0.3 is 0 Å². The van der Waals surface area contributed by atoms with Crippen molar-refractivity contribution >= 4 is 5.96 Å². The van der Waals surface area contributed by atoms with E-state index in [9.17, 15) is 0 Å². The molecule has 2 heterocycles. The molecule has 0 amide bonds. The van der Waals surface area contributed by atoms with Crippen LogP contribution in [-0.4, -0.2) is 31.8 Å². The number of aliphatic imine (C=N–C) groups is 1. The average molecular weight is 265 g/mol. The molecule has 5 nitrogen and oxygen atoms in total. The number of hydrogen-bond acceptors (Lipinski definition) is 3. The third-order valence-electron chi connectivity index (χ3n) is 3.12. The van der Waals surface area contributed by atoms with Gasteiger partial charge in [-0.05, 0) is 32.3 Å². The summed E-state index contributed by atoms with van der Waals surface area (Å²) in [5.74, 6) is 0.831. The Balaban J connectivity index is 1.79. The molecule has 0 aromatic carbocycles. The molecule has 1 aliphatic rings. The molecule has 1 fully saturated rings. The van der Waals surface area contributed by atoms with Gasteiger partial charge in [-0.15, -0.1) is 0 Å². The third-order valence-corrected chi connectivity index (χ3v) is 3.12. The summed E-state index contributed by atoms with van der Waals surface area (Å²) < 4.78 is 10.7. The number of nitrogens with zero attached hydrogens (tertiary/aromatic N) is 1. The lowest BCUT2D eigenvalue weighted by molar-refractivity contribution is 0.0194. The van der Waals surface area contributed by atoms with Crippen molar-refractivity contribution in [2.24, 2.45) is 4.99 Å². The molecule has 2 N–H and O–H groups in total. The molecule has 1 unspecified atom stereocenters. The zero-order valence-corrected chi connectivity index (χ0v) is 11.5. The molecule has 1 aromatic heterocycles. The number of rotatable bonds is 5. The van der Waals surface area contributed by atoms with E-state index >= 15 is 0 Å². The van der Waals surface area contributed by atoms with Gasteiger partial charge in [0.25, 0.3) is 0 Å². The van der Waals surface area contributed by atoms with Crippen molar-refractivity contribution in [1.82, 2.24) is 10.6 Å². The number of hydrogen-bond donors (Lipinski definition) is 2. The Bertz CT molecular complexity index is 370. The first kappa shape index (κ1) is 13.9. The van der Waals surface area contributed by atoms with Gasteiger partial charge in [0.2, 0.25) is 0 Å². The van der Waals surface area contributed by atoms with Crippen LogP contribution in [0, 0.1) is 0 Å². The molecule has 19 heavy (non-hydrogen) atoms. The summed E-state index contributed by atoms with van der Waals surface area (Å²) in [5.41, 5.74) is 1.08. The van der Waals surface area contributed by atoms with Crippen LogP contribution in [0.4, 0.5) is 0 Å². The molecule has 106 valence electrons. The summed E-state index contributed by atoms with van der Waals surface area (Å²) in [6.45, 7) is 5.23. The molecule has 0 saturated carbocycles. The smallest absolute Gasteiger partial charge is 0.191 e. The van der Waals surface area contributed by atoms with Gasteiger partial charge in [0.15, 0.2) is 5.96 Å². The number of furan rings is 1. The van der Waals surface area contributed by atoms with E-state index < -0.39 is 0 Å². The number of nitrogens with one attached hydrogen (secondary N) is 2. The SMILES string of the molecule is CCNC(=NCc1ccoc1)NCC1CCCCO1. The average Bonchev–Trinajstić information content (AvgIpc) is 2.96. The zero-order chi connectivity index (χ0) is 13.3. The largest absolute Gasteiger partial charge is 0.472 e. The Hall–Kier alpha value is -1.49. The van der Waals surface area contributed by atoms with Crippen LogP contribution in [0.15, 0.2) is 28.0 Å². The van der Waals surface area contributed by atoms with Crippen molar-refractivity contribution in [3.63, 3.8) is 0 Å². The summed E-state index contributed by atoms with van der Waals surface area (Å²) in [6.07, 6.45) is 7.28. The lowest BCUT2D eigenvalue weighted by Crippen LogP contribution is -2.42. The van der Waals surface area contributed by atoms with E-state index in [1.54, 1.807) is 12.5 Å². The first-order chi connectivity index (χ1) is 9.38. The van der Waals surface area contributed by atoms with Crippen LogP contribution in [0.3, 0.4) is 0 Å². The molecule has 1 aliphatic heterocycles. The van der Waals surface area contributed by atoms with Gasteiger partial charge in [0.05, 0.1) is 25.2 Å². The highest BCUT2D eigenvalue weighted by atomic mass is 16.5. The van der Waals surface area contributed by atoms with Crippen molar-refractivity contribution in [3.8, 4) is 0 Å². The summed E-state index contributed by atoms with van der Waals surface area (Å²) in [4.78, 5) is 4.52. The highest BCUT2D eigenvalue weighted by Gasteiger charge is 2.13. The molecule has 0 bridgehead atoms. The minimum absolute atomic E-state index is 0.312. The third kappa shape index (κ3) is 4.95. The lowest BCUT2D eigenvalue weighted by Gasteiger charge is -2.23. The number of ether oxygens (including phenoxy) is 1. The monoisotopic (exact) mass is 265 g/mol. The quantitative estimate of drug-likeness (QED) is 0.630. The normalized spacial score (nSPS) is 20.3. The van der Waals surface area contributed by atoms with E-state index in [0.29, 0.717) is 12.6 Å².